The highest BCUT2D eigenvalue weighted by Crippen LogP contribution is 2.37. The summed E-state index contributed by atoms with van der Waals surface area (Å²) in [5, 5.41) is 0. The Hall–Kier alpha value is -0.0900. The van der Waals surface area contributed by atoms with Crippen LogP contribution in [-0.2, 0) is 14.3 Å². The smallest absolute Gasteiger partial charge is 0.264 e. The molecule has 0 aromatic carbocycles. The Balaban J connectivity index is 2.41. The Bertz CT molecular complexity index is 237. The van der Waals surface area contributed by atoms with Crippen LogP contribution in [-0.4, -0.2) is 21.3 Å². The van der Waals surface area contributed by atoms with Gasteiger partial charge in [0.2, 0.25) is 0 Å². The Morgan fingerprint density at radius 1 is 1.33 bits per heavy atom. The van der Waals surface area contributed by atoms with Crippen molar-refractivity contribution in [3.05, 3.63) is 0 Å². The number of rotatable bonds is 3. The van der Waals surface area contributed by atoms with E-state index in [0.717, 1.165) is 19.1 Å². The van der Waals surface area contributed by atoms with Gasteiger partial charge in [0.15, 0.2) is 0 Å². The first kappa shape index (κ1) is 9.99. The summed E-state index contributed by atoms with van der Waals surface area (Å²) in [6, 6.07) is 0. The molecule has 0 heterocycles. The summed E-state index contributed by atoms with van der Waals surface area (Å²) in [5.74, 6) is 0. The van der Waals surface area contributed by atoms with Crippen LogP contribution in [0.25, 0.3) is 0 Å². The fraction of sp³-hybridized carbons (Fsp3) is 1.00. The molecule has 1 aliphatic carbocycles. The molecule has 0 saturated heterocycles. The zero-order chi connectivity index (χ0) is 9.24. The monoisotopic (exact) mass is 192 g/mol. The van der Waals surface area contributed by atoms with Crippen LogP contribution < -0.4 is 0 Å². The number of hydrogen-bond acceptors (Lipinski definition) is 3. The van der Waals surface area contributed by atoms with Crippen molar-refractivity contribution in [2.24, 2.45) is 5.41 Å². The first-order valence-corrected chi connectivity index (χ1v) is 6.07. The molecule has 1 aliphatic rings. The minimum absolute atomic E-state index is 0.100. The zero-order valence-corrected chi connectivity index (χ0v) is 8.49. The zero-order valence-electron chi connectivity index (χ0n) is 7.67. The van der Waals surface area contributed by atoms with Gasteiger partial charge in [-0.05, 0) is 18.3 Å². The van der Waals surface area contributed by atoms with Gasteiger partial charge in [0, 0.05) is 0 Å². The van der Waals surface area contributed by atoms with E-state index in [1.165, 1.54) is 12.8 Å². The lowest BCUT2D eigenvalue weighted by Crippen LogP contribution is -2.21. The van der Waals surface area contributed by atoms with Gasteiger partial charge in [-0.25, -0.2) is 0 Å². The summed E-state index contributed by atoms with van der Waals surface area (Å²) in [6.45, 7) is 2.44. The van der Waals surface area contributed by atoms with Crippen LogP contribution in [0.4, 0.5) is 0 Å². The van der Waals surface area contributed by atoms with Crippen LogP contribution in [0.3, 0.4) is 0 Å². The lowest BCUT2D eigenvalue weighted by molar-refractivity contribution is 0.175. The van der Waals surface area contributed by atoms with Crippen molar-refractivity contribution in [1.82, 2.24) is 0 Å². The third kappa shape index (κ3) is 3.11. The third-order valence-corrected chi connectivity index (χ3v) is 2.98. The average Bonchev–Trinajstić information content (AvgIpc) is 2.32. The maximum absolute atomic E-state index is 10.7. The molecule has 0 spiro atoms. The highest BCUT2D eigenvalue weighted by Gasteiger charge is 2.29. The molecular formula is C8H16O3S. The average molecular weight is 192 g/mol. The Kier molecular flexibility index (Phi) is 2.78. The van der Waals surface area contributed by atoms with Crippen molar-refractivity contribution in [2.45, 2.75) is 32.6 Å². The minimum Gasteiger partial charge on any atom is -0.270 e. The van der Waals surface area contributed by atoms with E-state index in [4.69, 9.17) is 4.18 Å². The molecule has 0 unspecified atom stereocenters. The van der Waals surface area contributed by atoms with Crippen molar-refractivity contribution < 1.29 is 12.6 Å². The van der Waals surface area contributed by atoms with Gasteiger partial charge < -0.3 is 0 Å². The molecule has 0 radical (unpaired) electrons. The second-order valence-electron chi connectivity index (χ2n) is 3.98. The second-order valence-corrected chi connectivity index (χ2v) is 5.63. The predicted octanol–water partition coefficient (Wildman–Crippen LogP) is 1.54. The van der Waals surface area contributed by atoms with Crippen LogP contribution in [0.5, 0.6) is 0 Å². The Morgan fingerprint density at radius 2 is 1.83 bits per heavy atom. The molecular weight excluding hydrogens is 176 g/mol. The van der Waals surface area contributed by atoms with Gasteiger partial charge in [0.1, 0.15) is 0 Å². The van der Waals surface area contributed by atoms with Gasteiger partial charge in [-0.1, -0.05) is 19.8 Å². The topological polar surface area (TPSA) is 43.4 Å². The van der Waals surface area contributed by atoms with E-state index in [9.17, 15) is 8.42 Å². The predicted molar refractivity (Wildman–Crippen MR) is 47.4 cm³/mol. The second kappa shape index (κ2) is 3.34. The van der Waals surface area contributed by atoms with E-state index in [2.05, 4.69) is 6.92 Å². The van der Waals surface area contributed by atoms with E-state index < -0.39 is 10.1 Å². The molecule has 0 atom stereocenters. The van der Waals surface area contributed by atoms with E-state index in [0.29, 0.717) is 6.61 Å². The van der Waals surface area contributed by atoms with E-state index in [1.807, 2.05) is 0 Å². The summed E-state index contributed by atoms with van der Waals surface area (Å²) < 4.78 is 26.2. The van der Waals surface area contributed by atoms with Crippen LogP contribution in [0.1, 0.15) is 32.6 Å². The highest BCUT2D eigenvalue weighted by atomic mass is 32.2. The van der Waals surface area contributed by atoms with E-state index in [1.54, 1.807) is 0 Å². The van der Waals surface area contributed by atoms with Gasteiger partial charge >= 0.3 is 0 Å². The molecule has 0 aliphatic heterocycles. The molecule has 4 heteroatoms. The summed E-state index contributed by atoms with van der Waals surface area (Å²) in [5.41, 5.74) is 0.100. The molecule has 3 nitrogen and oxygen atoms in total. The Labute approximate surface area is 74.2 Å². The van der Waals surface area contributed by atoms with E-state index >= 15 is 0 Å². The Morgan fingerprint density at radius 3 is 2.25 bits per heavy atom. The molecule has 72 valence electrons. The van der Waals surface area contributed by atoms with Crippen molar-refractivity contribution in [3.8, 4) is 0 Å². The fourth-order valence-corrected chi connectivity index (χ4v) is 2.12. The normalized spacial score (nSPS) is 22.8. The molecule has 1 rings (SSSR count). The number of hydrogen-bond donors (Lipinski definition) is 0. The lowest BCUT2D eigenvalue weighted by atomic mass is 9.90. The summed E-state index contributed by atoms with van der Waals surface area (Å²) in [4.78, 5) is 0. The largest absolute Gasteiger partial charge is 0.270 e. The molecule has 0 amide bonds. The summed E-state index contributed by atoms with van der Waals surface area (Å²) in [7, 11) is -3.25. The van der Waals surface area contributed by atoms with Gasteiger partial charge in [-0.3, -0.25) is 4.18 Å². The summed E-state index contributed by atoms with van der Waals surface area (Å²) >= 11 is 0. The first-order chi connectivity index (χ1) is 5.41. The summed E-state index contributed by atoms with van der Waals surface area (Å²) in [6.07, 6.45) is 5.67. The van der Waals surface area contributed by atoms with Crippen molar-refractivity contribution >= 4 is 10.1 Å². The molecule has 0 aromatic rings. The van der Waals surface area contributed by atoms with Gasteiger partial charge in [0.05, 0.1) is 12.9 Å². The van der Waals surface area contributed by atoms with Crippen LogP contribution in [0.2, 0.25) is 0 Å². The SMILES string of the molecule is CC1(COS(C)(=O)=O)CCCC1. The molecule has 0 aromatic heterocycles. The minimum atomic E-state index is -3.25. The van der Waals surface area contributed by atoms with Crippen molar-refractivity contribution in [3.63, 3.8) is 0 Å². The molecule has 0 bridgehead atoms. The van der Waals surface area contributed by atoms with Gasteiger partial charge in [0.25, 0.3) is 10.1 Å². The van der Waals surface area contributed by atoms with Crippen LogP contribution >= 0.6 is 0 Å². The molecule has 0 N–H and O–H groups in total. The van der Waals surface area contributed by atoms with Crippen molar-refractivity contribution in [1.29, 1.82) is 0 Å². The van der Waals surface area contributed by atoms with Crippen LogP contribution in [0, 0.1) is 5.41 Å². The quantitative estimate of drug-likeness (QED) is 0.637. The van der Waals surface area contributed by atoms with Crippen LogP contribution in [0.15, 0.2) is 0 Å². The maximum Gasteiger partial charge on any atom is 0.264 e. The van der Waals surface area contributed by atoms with Crippen molar-refractivity contribution in [2.75, 3.05) is 12.9 Å². The molecule has 12 heavy (non-hydrogen) atoms. The maximum atomic E-state index is 10.7. The highest BCUT2D eigenvalue weighted by molar-refractivity contribution is 7.85. The van der Waals surface area contributed by atoms with Gasteiger partial charge in [-0.15, -0.1) is 0 Å². The fourth-order valence-electron chi connectivity index (χ4n) is 1.62. The standard InChI is InChI=1S/C8H16O3S/c1-8(5-3-4-6-8)7-11-12(2,9)10/h3-7H2,1-2H3. The molecule has 1 fully saturated rings. The lowest BCUT2D eigenvalue weighted by Gasteiger charge is -2.21. The van der Waals surface area contributed by atoms with E-state index in [-0.39, 0.29) is 5.41 Å². The first-order valence-electron chi connectivity index (χ1n) is 4.26. The van der Waals surface area contributed by atoms with Gasteiger partial charge in [-0.2, -0.15) is 8.42 Å². The molecule has 1 saturated carbocycles. The third-order valence-electron chi connectivity index (χ3n) is 2.43.